The van der Waals surface area contributed by atoms with Crippen LogP contribution in [-0.2, 0) is 14.2 Å². The molecule has 17 heavy (non-hydrogen) atoms. The lowest BCUT2D eigenvalue weighted by Gasteiger charge is -2.24. The third-order valence-electron chi connectivity index (χ3n) is 2.79. The van der Waals surface area contributed by atoms with Gasteiger partial charge in [0.2, 0.25) is 0 Å². The SMILES string of the molecule is COC1(CCC(=O)c2ccccc2)OCCO1. The Morgan fingerprint density at radius 1 is 1.29 bits per heavy atom. The average Bonchev–Trinajstić information content (AvgIpc) is 2.86. The second-order valence-electron chi connectivity index (χ2n) is 3.87. The summed E-state index contributed by atoms with van der Waals surface area (Å²) in [6.45, 7) is 1.01. The Bertz CT molecular complexity index is 368. The highest BCUT2D eigenvalue weighted by Gasteiger charge is 2.37. The molecule has 4 nitrogen and oxygen atoms in total. The van der Waals surface area contributed by atoms with Crippen molar-refractivity contribution in [2.45, 2.75) is 18.8 Å². The van der Waals surface area contributed by atoms with Crippen LogP contribution in [0.1, 0.15) is 23.2 Å². The standard InChI is InChI=1S/C13H16O4/c1-15-13(16-9-10-17-13)8-7-12(14)11-5-3-2-4-6-11/h2-6H,7-10H2,1H3. The highest BCUT2D eigenvalue weighted by molar-refractivity contribution is 5.95. The van der Waals surface area contributed by atoms with Gasteiger partial charge in [0.05, 0.1) is 13.2 Å². The van der Waals surface area contributed by atoms with Crippen LogP contribution in [-0.4, -0.2) is 32.1 Å². The van der Waals surface area contributed by atoms with Crippen LogP contribution in [0.25, 0.3) is 0 Å². The van der Waals surface area contributed by atoms with Crippen molar-refractivity contribution < 1.29 is 19.0 Å². The van der Waals surface area contributed by atoms with Crippen LogP contribution in [0.15, 0.2) is 30.3 Å². The fourth-order valence-electron chi connectivity index (χ4n) is 1.84. The van der Waals surface area contributed by atoms with E-state index in [1.165, 1.54) is 7.11 Å². The van der Waals surface area contributed by atoms with Crippen LogP contribution < -0.4 is 0 Å². The normalized spacial score (nSPS) is 18.2. The Labute approximate surface area is 100 Å². The fraction of sp³-hybridized carbons (Fsp3) is 0.462. The van der Waals surface area contributed by atoms with Crippen molar-refractivity contribution in [3.8, 4) is 0 Å². The second-order valence-corrected chi connectivity index (χ2v) is 3.87. The van der Waals surface area contributed by atoms with E-state index in [0.29, 0.717) is 31.6 Å². The predicted molar refractivity (Wildman–Crippen MR) is 61.7 cm³/mol. The summed E-state index contributed by atoms with van der Waals surface area (Å²) >= 11 is 0. The van der Waals surface area contributed by atoms with E-state index in [4.69, 9.17) is 14.2 Å². The van der Waals surface area contributed by atoms with E-state index in [0.717, 1.165) is 0 Å². The number of ether oxygens (including phenoxy) is 3. The van der Waals surface area contributed by atoms with Crippen molar-refractivity contribution in [1.82, 2.24) is 0 Å². The maximum Gasteiger partial charge on any atom is 0.283 e. The summed E-state index contributed by atoms with van der Waals surface area (Å²) in [5.41, 5.74) is 0.705. The number of hydrogen-bond acceptors (Lipinski definition) is 4. The third-order valence-corrected chi connectivity index (χ3v) is 2.79. The van der Waals surface area contributed by atoms with Gasteiger partial charge < -0.3 is 14.2 Å². The van der Waals surface area contributed by atoms with E-state index in [9.17, 15) is 4.79 Å². The maximum atomic E-state index is 11.9. The number of benzene rings is 1. The molecule has 4 heteroatoms. The molecule has 1 fully saturated rings. The summed E-state index contributed by atoms with van der Waals surface area (Å²) < 4.78 is 15.9. The van der Waals surface area contributed by atoms with Crippen molar-refractivity contribution in [2.75, 3.05) is 20.3 Å². The molecule has 0 unspecified atom stereocenters. The molecule has 0 saturated carbocycles. The number of rotatable bonds is 5. The van der Waals surface area contributed by atoms with Crippen LogP contribution in [0.4, 0.5) is 0 Å². The van der Waals surface area contributed by atoms with E-state index >= 15 is 0 Å². The summed E-state index contributed by atoms with van der Waals surface area (Å²) in [5.74, 6) is -0.953. The number of ketones is 1. The number of carbonyl (C=O) groups excluding carboxylic acids is 1. The first kappa shape index (κ1) is 12.2. The van der Waals surface area contributed by atoms with Crippen molar-refractivity contribution in [1.29, 1.82) is 0 Å². The quantitative estimate of drug-likeness (QED) is 0.733. The van der Waals surface area contributed by atoms with Crippen molar-refractivity contribution in [2.24, 2.45) is 0 Å². The predicted octanol–water partition coefficient (Wildman–Crippen LogP) is 2.00. The molecule has 1 saturated heterocycles. The van der Waals surface area contributed by atoms with E-state index in [1.54, 1.807) is 12.1 Å². The van der Waals surface area contributed by atoms with Crippen LogP contribution in [0.2, 0.25) is 0 Å². The molecule has 2 rings (SSSR count). The molecular formula is C13H16O4. The van der Waals surface area contributed by atoms with Gasteiger partial charge in [0.15, 0.2) is 5.78 Å². The molecule has 0 atom stereocenters. The van der Waals surface area contributed by atoms with Gasteiger partial charge in [-0.25, -0.2) is 0 Å². The van der Waals surface area contributed by atoms with E-state index in [1.807, 2.05) is 18.2 Å². The second kappa shape index (κ2) is 5.40. The van der Waals surface area contributed by atoms with Crippen LogP contribution >= 0.6 is 0 Å². The van der Waals surface area contributed by atoms with Gasteiger partial charge in [-0.15, -0.1) is 0 Å². The van der Waals surface area contributed by atoms with Gasteiger partial charge in [0.1, 0.15) is 0 Å². The van der Waals surface area contributed by atoms with E-state index in [2.05, 4.69) is 0 Å². The lowest BCUT2D eigenvalue weighted by molar-refractivity contribution is -0.322. The molecule has 0 aromatic heterocycles. The number of methoxy groups -OCH3 is 1. The Balaban J connectivity index is 1.92. The Hall–Kier alpha value is -1.23. The first-order valence-corrected chi connectivity index (χ1v) is 5.67. The van der Waals surface area contributed by atoms with Crippen LogP contribution in [0.3, 0.4) is 0 Å². The minimum atomic E-state index is -1.02. The number of hydrogen-bond donors (Lipinski definition) is 0. The molecule has 1 aliphatic heterocycles. The third kappa shape index (κ3) is 2.91. The Morgan fingerprint density at radius 3 is 2.53 bits per heavy atom. The van der Waals surface area contributed by atoms with Crippen molar-refractivity contribution >= 4 is 5.78 Å². The monoisotopic (exact) mass is 236 g/mol. The highest BCUT2D eigenvalue weighted by Crippen LogP contribution is 2.26. The summed E-state index contributed by atoms with van der Waals surface area (Å²) in [6, 6.07) is 9.19. The molecule has 0 aliphatic carbocycles. The molecule has 1 aromatic rings. The fourth-order valence-corrected chi connectivity index (χ4v) is 1.84. The van der Waals surface area contributed by atoms with Crippen LogP contribution in [0.5, 0.6) is 0 Å². The molecular weight excluding hydrogens is 220 g/mol. The van der Waals surface area contributed by atoms with Gasteiger partial charge in [0.25, 0.3) is 5.97 Å². The lowest BCUT2D eigenvalue weighted by atomic mass is 10.1. The molecule has 1 heterocycles. The molecule has 1 aromatic carbocycles. The number of Topliss-reactive ketones (excluding diaryl/α,β-unsaturated/α-hetero) is 1. The largest absolute Gasteiger partial charge is 0.331 e. The van der Waals surface area contributed by atoms with Gasteiger partial charge in [-0.2, -0.15) is 0 Å². The minimum absolute atomic E-state index is 0.0705. The van der Waals surface area contributed by atoms with E-state index < -0.39 is 5.97 Å². The van der Waals surface area contributed by atoms with Gasteiger partial charge >= 0.3 is 0 Å². The lowest BCUT2D eigenvalue weighted by Crippen LogP contribution is -2.33. The molecule has 1 aliphatic rings. The van der Waals surface area contributed by atoms with Crippen molar-refractivity contribution in [3.63, 3.8) is 0 Å². The molecule has 0 spiro atoms. The smallest absolute Gasteiger partial charge is 0.283 e. The molecule has 92 valence electrons. The van der Waals surface area contributed by atoms with Gasteiger partial charge in [-0.1, -0.05) is 30.3 Å². The number of carbonyl (C=O) groups is 1. The molecule has 0 bridgehead atoms. The highest BCUT2D eigenvalue weighted by atomic mass is 16.9. The molecule has 0 radical (unpaired) electrons. The maximum absolute atomic E-state index is 11.9. The van der Waals surface area contributed by atoms with Gasteiger partial charge in [-0.3, -0.25) is 4.79 Å². The Morgan fingerprint density at radius 2 is 1.94 bits per heavy atom. The zero-order chi connectivity index (χ0) is 12.1. The molecule has 0 N–H and O–H groups in total. The van der Waals surface area contributed by atoms with Gasteiger partial charge in [0, 0.05) is 25.5 Å². The van der Waals surface area contributed by atoms with Crippen molar-refractivity contribution in [3.05, 3.63) is 35.9 Å². The van der Waals surface area contributed by atoms with Crippen LogP contribution in [0, 0.1) is 0 Å². The summed E-state index contributed by atoms with van der Waals surface area (Å²) in [6.07, 6.45) is 0.759. The Kier molecular flexibility index (Phi) is 3.89. The zero-order valence-electron chi connectivity index (χ0n) is 9.85. The summed E-state index contributed by atoms with van der Waals surface area (Å²) in [7, 11) is 1.53. The summed E-state index contributed by atoms with van der Waals surface area (Å²) in [4.78, 5) is 11.9. The first-order chi connectivity index (χ1) is 8.26. The first-order valence-electron chi connectivity index (χ1n) is 5.67. The summed E-state index contributed by atoms with van der Waals surface area (Å²) in [5, 5.41) is 0. The average molecular weight is 236 g/mol. The van der Waals surface area contributed by atoms with E-state index in [-0.39, 0.29) is 5.78 Å². The topological polar surface area (TPSA) is 44.8 Å². The van der Waals surface area contributed by atoms with Gasteiger partial charge in [-0.05, 0) is 0 Å². The zero-order valence-corrected chi connectivity index (χ0v) is 9.85. The molecule has 0 amide bonds. The minimum Gasteiger partial charge on any atom is -0.331 e.